The molecule has 0 N–H and O–H groups in total. The summed E-state index contributed by atoms with van der Waals surface area (Å²) in [6, 6.07) is 25.4. The number of para-hydroxylation sites is 3. The van der Waals surface area contributed by atoms with Crippen molar-refractivity contribution in [3.8, 4) is 10.6 Å². The number of hydrogen-bond donors (Lipinski definition) is 0. The Labute approximate surface area is 178 Å². The van der Waals surface area contributed by atoms with E-state index in [-0.39, 0.29) is 5.91 Å². The third kappa shape index (κ3) is 3.31. The molecule has 6 heteroatoms. The molecule has 30 heavy (non-hydrogen) atoms. The minimum absolute atomic E-state index is 0.0973. The van der Waals surface area contributed by atoms with Crippen molar-refractivity contribution in [1.29, 1.82) is 0 Å². The molecule has 1 atom stereocenters. The quantitative estimate of drug-likeness (QED) is 0.405. The summed E-state index contributed by atoms with van der Waals surface area (Å²) in [6.45, 7) is 1.86. The van der Waals surface area contributed by atoms with Crippen LogP contribution >= 0.6 is 11.3 Å². The third-order valence-electron chi connectivity index (χ3n) is 4.97. The van der Waals surface area contributed by atoms with Gasteiger partial charge in [-0.3, -0.25) is 9.79 Å². The Morgan fingerprint density at radius 2 is 1.70 bits per heavy atom. The zero-order valence-electron chi connectivity index (χ0n) is 16.3. The number of carbonyl (C=O) groups excluding carboxylic acids is 1. The summed E-state index contributed by atoms with van der Waals surface area (Å²) in [5.74, 6) is -0.575. The van der Waals surface area contributed by atoms with E-state index in [1.165, 1.54) is 5.01 Å². The number of fused-ring (bicyclic) bond motifs is 1. The molecule has 0 fully saturated rings. The van der Waals surface area contributed by atoms with Crippen LogP contribution in [0.2, 0.25) is 0 Å². The van der Waals surface area contributed by atoms with Crippen molar-refractivity contribution in [3.63, 3.8) is 0 Å². The molecule has 3 aromatic carbocycles. The predicted molar refractivity (Wildman–Crippen MR) is 124 cm³/mol. The van der Waals surface area contributed by atoms with Gasteiger partial charge in [-0.15, -0.1) is 11.3 Å². The molecule has 5 nitrogen and oxygen atoms in total. The SMILES string of the molecule is CC1=NN(c2ccccc2)C(=O)C1C=Nc1ccccc1-c1nc2ccccc2s1. The highest BCUT2D eigenvalue weighted by Gasteiger charge is 2.33. The molecule has 2 heterocycles. The molecule has 1 aromatic heterocycles. The molecule has 0 saturated carbocycles. The van der Waals surface area contributed by atoms with Crippen molar-refractivity contribution in [3.05, 3.63) is 78.9 Å². The van der Waals surface area contributed by atoms with Gasteiger partial charge in [0.15, 0.2) is 0 Å². The van der Waals surface area contributed by atoms with Crippen molar-refractivity contribution >= 4 is 50.8 Å². The van der Waals surface area contributed by atoms with E-state index in [2.05, 4.69) is 16.2 Å². The highest BCUT2D eigenvalue weighted by atomic mass is 32.1. The second-order valence-corrected chi connectivity index (χ2v) is 8.02. The van der Waals surface area contributed by atoms with Gasteiger partial charge in [-0.25, -0.2) is 4.98 Å². The second kappa shape index (κ2) is 7.65. The van der Waals surface area contributed by atoms with Crippen LogP contribution in [0.5, 0.6) is 0 Å². The minimum Gasteiger partial charge on any atom is -0.271 e. The van der Waals surface area contributed by atoms with Gasteiger partial charge in [0.1, 0.15) is 10.9 Å². The average molecular weight is 411 g/mol. The molecule has 0 saturated heterocycles. The summed E-state index contributed by atoms with van der Waals surface area (Å²) in [4.78, 5) is 22.3. The van der Waals surface area contributed by atoms with Gasteiger partial charge in [0.05, 0.1) is 27.3 Å². The van der Waals surface area contributed by atoms with E-state index in [0.29, 0.717) is 0 Å². The van der Waals surface area contributed by atoms with Gasteiger partial charge in [-0.2, -0.15) is 10.1 Å². The van der Waals surface area contributed by atoms with Crippen molar-refractivity contribution < 1.29 is 4.79 Å². The highest BCUT2D eigenvalue weighted by Crippen LogP contribution is 2.35. The van der Waals surface area contributed by atoms with Gasteiger partial charge < -0.3 is 0 Å². The average Bonchev–Trinajstić information content (AvgIpc) is 3.34. The van der Waals surface area contributed by atoms with Crippen molar-refractivity contribution in [2.75, 3.05) is 5.01 Å². The Hall–Kier alpha value is -3.64. The summed E-state index contributed by atoms with van der Waals surface area (Å²) in [5.41, 5.74) is 4.20. The fourth-order valence-electron chi connectivity index (χ4n) is 3.41. The molecule has 0 bridgehead atoms. The van der Waals surface area contributed by atoms with Crippen LogP contribution in [0.25, 0.3) is 20.8 Å². The van der Waals surface area contributed by atoms with E-state index < -0.39 is 5.92 Å². The largest absolute Gasteiger partial charge is 0.271 e. The molecule has 0 spiro atoms. The molecule has 0 radical (unpaired) electrons. The first-order valence-electron chi connectivity index (χ1n) is 9.64. The lowest BCUT2D eigenvalue weighted by Gasteiger charge is -2.12. The second-order valence-electron chi connectivity index (χ2n) is 6.99. The first-order chi connectivity index (χ1) is 14.7. The van der Waals surface area contributed by atoms with Gasteiger partial charge in [0, 0.05) is 11.8 Å². The number of aromatic nitrogens is 1. The standard InChI is InChI=1S/C24H18N4OS/c1-16-19(24(29)28(27-16)17-9-3-2-4-10-17)15-25-20-12-6-5-11-18(20)23-26-21-13-7-8-14-22(21)30-23/h2-15,19H,1H3. The van der Waals surface area contributed by atoms with Crippen LogP contribution in [-0.4, -0.2) is 22.8 Å². The fourth-order valence-corrected chi connectivity index (χ4v) is 4.41. The van der Waals surface area contributed by atoms with E-state index in [0.717, 1.165) is 37.9 Å². The lowest BCUT2D eigenvalue weighted by atomic mass is 10.1. The summed E-state index contributed by atoms with van der Waals surface area (Å²) in [5, 5.41) is 6.81. The van der Waals surface area contributed by atoms with Gasteiger partial charge in [0.2, 0.25) is 0 Å². The Balaban J connectivity index is 1.45. The van der Waals surface area contributed by atoms with Crippen LogP contribution in [0.1, 0.15) is 6.92 Å². The Morgan fingerprint density at radius 3 is 2.53 bits per heavy atom. The number of amides is 1. The van der Waals surface area contributed by atoms with Crippen LogP contribution in [0.3, 0.4) is 0 Å². The van der Waals surface area contributed by atoms with Crippen molar-refractivity contribution in [2.24, 2.45) is 16.0 Å². The monoisotopic (exact) mass is 410 g/mol. The number of anilines is 1. The molecule has 4 aromatic rings. The van der Waals surface area contributed by atoms with Gasteiger partial charge in [0.25, 0.3) is 5.91 Å². The topological polar surface area (TPSA) is 57.9 Å². The van der Waals surface area contributed by atoms with E-state index >= 15 is 0 Å². The summed E-state index contributed by atoms with van der Waals surface area (Å²) < 4.78 is 1.14. The predicted octanol–water partition coefficient (Wildman–Crippen LogP) is 5.70. The number of thiazole rings is 1. The van der Waals surface area contributed by atoms with E-state index in [4.69, 9.17) is 4.98 Å². The van der Waals surface area contributed by atoms with Gasteiger partial charge >= 0.3 is 0 Å². The summed E-state index contributed by atoms with van der Waals surface area (Å²) in [6.07, 6.45) is 1.69. The Morgan fingerprint density at radius 1 is 0.967 bits per heavy atom. The van der Waals surface area contributed by atoms with Crippen LogP contribution < -0.4 is 5.01 Å². The van der Waals surface area contributed by atoms with E-state index in [1.807, 2.05) is 79.7 Å². The van der Waals surface area contributed by atoms with Crippen LogP contribution in [0.4, 0.5) is 11.4 Å². The zero-order valence-corrected chi connectivity index (χ0v) is 17.1. The molecule has 1 amide bonds. The minimum atomic E-state index is -0.478. The molecule has 0 aliphatic carbocycles. The highest BCUT2D eigenvalue weighted by molar-refractivity contribution is 7.21. The Bertz CT molecular complexity index is 1260. The molecule has 1 unspecified atom stereocenters. The summed E-state index contributed by atoms with van der Waals surface area (Å²) in [7, 11) is 0. The lowest BCUT2D eigenvalue weighted by Crippen LogP contribution is -2.27. The number of benzene rings is 3. The molecule has 146 valence electrons. The van der Waals surface area contributed by atoms with Crippen LogP contribution in [-0.2, 0) is 4.79 Å². The van der Waals surface area contributed by atoms with Crippen molar-refractivity contribution in [2.45, 2.75) is 6.92 Å². The number of hydrogen-bond acceptors (Lipinski definition) is 5. The van der Waals surface area contributed by atoms with Gasteiger partial charge in [-0.05, 0) is 43.3 Å². The third-order valence-corrected chi connectivity index (χ3v) is 6.04. The molecular weight excluding hydrogens is 392 g/mol. The van der Waals surface area contributed by atoms with E-state index in [9.17, 15) is 4.79 Å². The normalized spacial score (nSPS) is 16.6. The fraction of sp³-hybridized carbons (Fsp3) is 0.0833. The maximum Gasteiger partial charge on any atom is 0.261 e. The van der Waals surface area contributed by atoms with Crippen molar-refractivity contribution in [1.82, 2.24) is 4.98 Å². The number of rotatable bonds is 4. The van der Waals surface area contributed by atoms with Gasteiger partial charge in [-0.1, -0.05) is 42.5 Å². The zero-order chi connectivity index (χ0) is 20.5. The molecule has 1 aliphatic heterocycles. The molecule has 5 rings (SSSR count). The first-order valence-corrected chi connectivity index (χ1v) is 10.5. The lowest BCUT2D eigenvalue weighted by molar-refractivity contribution is -0.118. The number of aliphatic imine (C=N–C) groups is 1. The number of nitrogens with zero attached hydrogens (tertiary/aromatic N) is 4. The molecule has 1 aliphatic rings. The first kappa shape index (κ1) is 18.4. The summed E-state index contributed by atoms with van der Waals surface area (Å²) >= 11 is 1.64. The van der Waals surface area contributed by atoms with E-state index in [1.54, 1.807) is 17.6 Å². The smallest absolute Gasteiger partial charge is 0.261 e. The maximum atomic E-state index is 12.9. The Kier molecular flexibility index (Phi) is 4.69. The number of carbonyl (C=O) groups is 1. The molecular formula is C24H18N4OS. The van der Waals surface area contributed by atoms with Crippen LogP contribution in [0, 0.1) is 5.92 Å². The van der Waals surface area contributed by atoms with Crippen LogP contribution in [0.15, 0.2) is 89.0 Å². The maximum absolute atomic E-state index is 12.9. The number of hydrazone groups is 1.